The van der Waals surface area contributed by atoms with Crippen molar-refractivity contribution in [3.63, 3.8) is 0 Å². The minimum absolute atomic E-state index is 0.352. The number of nitrogen functional groups attached to an aromatic ring is 2. The average molecular weight is 198 g/mol. The van der Waals surface area contributed by atoms with E-state index < -0.39 is 0 Å². The molecule has 0 bridgehead atoms. The molecule has 1 aromatic carbocycles. The summed E-state index contributed by atoms with van der Waals surface area (Å²) >= 11 is 0. The number of ether oxygens (including phenoxy) is 3. The maximum Gasteiger partial charge on any atom is 0.205 e. The van der Waals surface area contributed by atoms with E-state index in [2.05, 4.69) is 0 Å². The molecule has 1 rings (SSSR count). The highest BCUT2D eigenvalue weighted by Gasteiger charge is 2.16. The summed E-state index contributed by atoms with van der Waals surface area (Å²) in [7, 11) is 4.52. The summed E-state index contributed by atoms with van der Waals surface area (Å²) in [6.07, 6.45) is 0. The van der Waals surface area contributed by atoms with E-state index in [1.165, 1.54) is 21.3 Å². The standard InChI is InChI=1S/C9H14N2O3/c1-12-6-4-5(10)7(11)9(14-3)8(6)13-2/h4H,10-11H2,1-3H3. The van der Waals surface area contributed by atoms with Gasteiger partial charge in [0.05, 0.1) is 27.0 Å². The third-order valence-electron chi connectivity index (χ3n) is 1.90. The Morgan fingerprint density at radius 1 is 0.929 bits per heavy atom. The maximum atomic E-state index is 5.71. The van der Waals surface area contributed by atoms with Gasteiger partial charge in [-0.3, -0.25) is 0 Å². The third-order valence-corrected chi connectivity index (χ3v) is 1.90. The van der Waals surface area contributed by atoms with Gasteiger partial charge in [-0.2, -0.15) is 0 Å². The van der Waals surface area contributed by atoms with Gasteiger partial charge in [-0.25, -0.2) is 0 Å². The van der Waals surface area contributed by atoms with E-state index >= 15 is 0 Å². The number of hydrogen-bond donors (Lipinski definition) is 2. The predicted molar refractivity (Wildman–Crippen MR) is 54.9 cm³/mol. The van der Waals surface area contributed by atoms with Gasteiger partial charge in [0.15, 0.2) is 11.5 Å². The molecular formula is C9H14N2O3. The first-order valence-corrected chi connectivity index (χ1v) is 3.99. The van der Waals surface area contributed by atoms with Crippen molar-refractivity contribution in [1.82, 2.24) is 0 Å². The van der Waals surface area contributed by atoms with Crippen LogP contribution in [-0.4, -0.2) is 21.3 Å². The molecule has 78 valence electrons. The second-order valence-corrected chi connectivity index (χ2v) is 2.65. The first-order chi connectivity index (χ1) is 6.65. The molecule has 4 N–H and O–H groups in total. The highest BCUT2D eigenvalue weighted by Crippen LogP contribution is 2.44. The van der Waals surface area contributed by atoms with Gasteiger partial charge < -0.3 is 25.7 Å². The molecule has 1 aromatic rings. The molecule has 0 spiro atoms. The number of anilines is 2. The zero-order valence-electron chi connectivity index (χ0n) is 8.46. The van der Waals surface area contributed by atoms with E-state index in [1.807, 2.05) is 0 Å². The minimum atomic E-state index is 0.352. The molecule has 0 radical (unpaired) electrons. The molecule has 0 aliphatic rings. The van der Waals surface area contributed by atoms with Crippen LogP contribution in [0.3, 0.4) is 0 Å². The van der Waals surface area contributed by atoms with Crippen LogP contribution in [0.25, 0.3) is 0 Å². The lowest BCUT2D eigenvalue weighted by Gasteiger charge is -2.15. The fourth-order valence-corrected chi connectivity index (χ4v) is 1.20. The Kier molecular flexibility index (Phi) is 2.91. The van der Waals surface area contributed by atoms with Crippen molar-refractivity contribution in [3.05, 3.63) is 6.07 Å². The molecule has 0 saturated heterocycles. The Balaban J connectivity index is 3.42. The number of rotatable bonds is 3. The van der Waals surface area contributed by atoms with Gasteiger partial charge >= 0.3 is 0 Å². The Hall–Kier alpha value is -1.78. The first-order valence-electron chi connectivity index (χ1n) is 3.99. The summed E-state index contributed by atoms with van der Waals surface area (Å²) in [5.41, 5.74) is 12.1. The molecule has 0 unspecified atom stereocenters. The highest BCUT2D eigenvalue weighted by atomic mass is 16.5. The van der Waals surface area contributed by atoms with E-state index in [1.54, 1.807) is 6.07 Å². The molecule has 0 atom stereocenters. The molecule has 0 amide bonds. The van der Waals surface area contributed by atoms with Crippen LogP contribution < -0.4 is 25.7 Å². The first kappa shape index (κ1) is 10.3. The fraction of sp³-hybridized carbons (Fsp3) is 0.333. The molecule has 0 saturated carbocycles. The smallest absolute Gasteiger partial charge is 0.205 e. The van der Waals surface area contributed by atoms with Crippen LogP contribution in [0.2, 0.25) is 0 Å². The fourth-order valence-electron chi connectivity index (χ4n) is 1.20. The largest absolute Gasteiger partial charge is 0.493 e. The Labute approximate surface area is 82.5 Å². The topological polar surface area (TPSA) is 79.7 Å². The van der Waals surface area contributed by atoms with Crippen molar-refractivity contribution < 1.29 is 14.2 Å². The minimum Gasteiger partial charge on any atom is -0.493 e. The quantitative estimate of drug-likeness (QED) is 0.704. The van der Waals surface area contributed by atoms with Gasteiger partial charge in [-0.1, -0.05) is 0 Å². The van der Waals surface area contributed by atoms with Gasteiger partial charge in [-0.15, -0.1) is 0 Å². The second kappa shape index (κ2) is 3.95. The highest BCUT2D eigenvalue weighted by molar-refractivity contribution is 5.78. The van der Waals surface area contributed by atoms with Gasteiger partial charge in [0, 0.05) is 6.07 Å². The number of nitrogens with two attached hydrogens (primary N) is 2. The van der Waals surface area contributed by atoms with Crippen molar-refractivity contribution in [1.29, 1.82) is 0 Å². The summed E-state index contributed by atoms with van der Waals surface area (Å²) in [5, 5.41) is 0. The van der Waals surface area contributed by atoms with Gasteiger partial charge in [0.2, 0.25) is 5.75 Å². The van der Waals surface area contributed by atoms with Gasteiger partial charge in [0.25, 0.3) is 0 Å². The number of methoxy groups -OCH3 is 3. The summed E-state index contributed by atoms with van der Waals surface area (Å²) in [5.74, 6) is 1.34. The van der Waals surface area contributed by atoms with Gasteiger partial charge in [-0.05, 0) is 0 Å². The van der Waals surface area contributed by atoms with Crippen LogP contribution >= 0.6 is 0 Å². The molecule has 0 aliphatic carbocycles. The van der Waals surface area contributed by atoms with E-state index in [9.17, 15) is 0 Å². The molecule has 14 heavy (non-hydrogen) atoms. The van der Waals surface area contributed by atoms with Crippen molar-refractivity contribution in [2.24, 2.45) is 0 Å². The van der Waals surface area contributed by atoms with E-state index in [0.717, 1.165) is 0 Å². The maximum absolute atomic E-state index is 5.71. The van der Waals surface area contributed by atoms with Crippen molar-refractivity contribution in [2.45, 2.75) is 0 Å². The Bertz CT molecular complexity index is 339. The van der Waals surface area contributed by atoms with Gasteiger partial charge in [0.1, 0.15) is 5.69 Å². The Morgan fingerprint density at radius 2 is 1.50 bits per heavy atom. The normalized spacial score (nSPS) is 9.64. The van der Waals surface area contributed by atoms with Crippen molar-refractivity contribution >= 4 is 11.4 Å². The van der Waals surface area contributed by atoms with Crippen LogP contribution in [0.5, 0.6) is 17.2 Å². The molecular weight excluding hydrogens is 184 g/mol. The monoisotopic (exact) mass is 198 g/mol. The summed E-state index contributed by atoms with van der Waals surface area (Å²) < 4.78 is 15.3. The molecule has 5 nitrogen and oxygen atoms in total. The van der Waals surface area contributed by atoms with Crippen molar-refractivity contribution in [3.8, 4) is 17.2 Å². The summed E-state index contributed by atoms with van der Waals surface area (Å²) in [4.78, 5) is 0. The zero-order chi connectivity index (χ0) is 10.7. The average Bonchev–Trinajstić information content (AvgIpc) is 2.20. The third kappa shape index (κ3) is 1.48. The molecule has 0 aromatic heterocycles. The number of hydrogen-bond acceptors (Lipinski definition) is 5. The SMILES string of the molecule is COc1cc(N)c(N)c(OC)c1OC. The van der Waals surface area contributed by atoms with Crippen LogP contribution in [0, 0.1) is 0 Å². The van der Waals surface area contributed by atoms with E-state index in [4.69, 9.17) is 25.7 Å². The van der Waals surface area contributed by atoms with Crippen LogP contribution in [0.4, 0.5) is 11.4 Å². The van der Waals surface area contributed by atoms with Crippen molar-refractivity contribution in [2.75, 3.05) is 32.8 Å². The zero-order valence-corrected chi connectivity index (χ0v) is 8.46. The molecule has 0 aliphatic heterocycles. The van der Waals surface area contributed by atoms with E-state index in [0.29, 0.717) is 28.6 Å². The lowest BCUT2D eigenvalue weighted by molar-refractivity contribution is 0.326. The second-order valence-electron chi connectivity index (χ2n) is 2.65. The Morgan fingerprint density at radius 3 is 1.93 bits per heavy atom. The summed E-state index contributed by atoms with van der Waals surface area (Å²) in [6.45, 7) is 0. The lowest BCUT2D eigenvalue weighted by Crippen LogP contribution is -2.02. The van der Waals surface area contributed by atoms with Crippen LogP contribution in [-0.2, 0) is 0 Å². The van der Waals surface area contributed by atoms with Crippen LogP contribution in [0.15, 0.2) is 6.07 Å². The van der Waals surface area contributed by atoms with E-state index in [-0.39, 0.29) is 0 Å². The molecule has 0 fully saturated rings. The molecule has 0 heterocycles. The predicted octanol–water partition coefficient (Wildman–Crippen LogP) is 0.877. The number of benzene rings is 1. The lowest BCUT2D eigenvalue weighted by atomic mass is 10.2. The van der Waals surface area contributed by atoms with Crippen LogP contribution in [0.1, 0.15) is 0 Å². The summed E-state index contributed by atoms with van der Waals surface area (Å²) in [6, 6.07) is 1.59. The molecule has 5 heteroatoms.